The summed E-state index contributed by atoms with van der Waals surface area (Å²) in [5.74, 6) is 0.00805. The first kappa shape index (κ1) is 13.4. The summed E-state index contributed by atoms with van der Waals surface area (Å²) >= 11 is 2.24. The number of carbonyl (C=O) groups excluding carboxylic acids is 1. The maximum atomic E-state index is 11.7. The fraction of sp³-hybridized carbons (Fsp3) is 0.417. The molecule has 3 nitrogen and oxygen atoms in total. The number of hydrogen-bond donors (Lipinski definition) is 2. The quantitative estimate of drug-likeness (QED) is 0.828. The van der Waals surface area contributed by atoms with E-state index in [1.165, 1.54) is 0 Å². The lowest BCUT2D eigenvalue weighted by atomic mass is 10.1. The van der Waals surface area contributed by atoms with Gasteiger partial charge in [-0.2, -0.15) is 0 Å². The van der Waals surface area contributed by atoms with Crippen LogP contribution in [0.1, 0.15) is 22.8 Å². The highest BCUT2D eigenvalue weighted by atomic mass is 127. The standard InChI is InChI=1S/C12H16INO2/c1-8(7-15)6-14-12(16)10-3-4-11(13)9(2)5-10/h3-5,8,15H,6-7H2,1-2H3,(H,14,16). The summed E-state index contributed by atoms with van der Waals surface area (Å²) in [5, 5.41) is 11.6. The highest BCUT2D eigenvalue weighted by molar-refractivity contribution is 14.1. The van der Waals surface area contributed by atoms with Crippen LogP contribution in [0.2, 0.25) is 0 Å². The molecule has 1 atom stereocenters. The van der Waals surface area contributed by atoms with Gasteiger partial charge in [-0.1, -0.05) is 6.92 Å². The van der Waals surface area contributed by atoms with Crippen LogP contribution >= 0.6 is 22.6 Å². The van der Waals surface area contributed by atoms with Crippen molar-refractivity contribution in [3.8, 4) is 0 Å². The molecular formula is C12H16INO2. The third kappa shape index (κ3) is 3.75. The monoisotopic (exact) mass is 333 g/mol. The molecule has 2 N–H and O–H groups in total. The molecule has 0 saturated carbocycles. The van der Waals surface area contributed by atoms with E-state index >= 15 is 0 Å². The molecule has 0 heterocycles. The van der Waals surface area contributed by atoms with Crippen molar-refractivity contribution in [1.29, 1.82) is 0 Å². The molecule has 1 aromatic rings. The lowest BCUT2D eigenvalue weighted by Crippen LogP contribution is -2.29. The van der Waals surface area contributed by atoms with Crippen molar-refractivity contribution in [2.45, 2.75) is 13.8 Å². The molecule has 0 fully saturated rings. The second-order valence-electron chi connectivity index (χ2n) is 3.96. The van der Waals surface area contributed by atoms with Crippen LogP contribution in [0.25, 0.3) is 0 Å². The van der Waals surface area contributed by atoms with Crippen molar-refractivity contribution >= 4 is 28.5 Å². The molecule has 0 aliphatic heterocycles. The summed E-state index contributed by atoms with van der Waals surface area (Å²) in [6.45, 7) is 4.46. The molecule has 0 spiro atoms. The second kappa shape index (κ2) is 6.20. The summed E-state index contributed by atoms with van der Waals surface area (Å²) < 4.78 is 1.15. The predicted molar refractivity (Wildman–Crippen MR) is 72.5 cm³/mol. The average molecular weight is 333 g/mol. The summed E-state index contributed by atoms with van der Waals surface area (Å²) in [6.07, 6.45) is 0. The molecule has 0 bridgehead atoms. The Hall–Kier alpha value is -0.620. The van der Waals surface area contributed by atoms with Crippen LogP contribution in [0.4, 0.5) is 0 Å². The van der Waals surface area contributed by atoms with Gasteiger partial charge in [0.05, 0.1) is 0 Å². The maximum absolute atomic E-state index is 11.7. The van der Waals surface area contributed by atoms with E-state index in [2.05, 4.69) is 27.9 Å². The van der Waals surface area contributed by atoms with Gasteiger partial charge in [0.15, 0.2) is 0 Å². The molecule has 0 aliphatic rings. The number of aliphatic hydroxyl groups excluding tert-OH is 1. The summed E-state index contributed by atoms with van der Waals surface area (Å²) in [6, 6.07) is 5.62. The Morgan fingerprint density at radius 3 is 2.81 bits per heavy atom. The van der Waals surface area contributed by atoms with Crippen LogP contribution in [0, 0.1) is 16.4 Å². The van der Waals surface area contributed by atoms with Crippen LogP contribution < -0.4 is 5.32 Å². The second-order valence-corrected chi connectivity index (χ2v) is 5.12. The van der Waals surface area contributed by atoms with Crippen molar-refractivity contribution in [2.24, 2.45) is 5.92 Å². The number of rotatable bonds is 4. The Labute approximate surface area is 109 Å². The molecule has 4 heteroatoms. The number of aliphatic hydroxyl groups is 1. The Bertz CT molecular complexity index is 379. The highest BCUT2D eigenvalue weighted by Crippen LogP contribution is 2.13. The minimum absolute atomic E-state index is 0.0835. The first-order chi connectivity index (χ1) is 7.54. The van der Waals surface area contributed by atoms with E-state index in [0.29, 0.717) is 12.1 Å². The number of amides is 1. The normalized spacial score (nSPS) is 12.2. The topological polar surface area (TPSA) is 49.3 Å². The zero-order chi connectivity index (χ0) is 12.1. The SMILES string of the molecule is Cc1cc(C(=O)NCC(C)CO)ccc1I. The number of carbonyl (C=O) groups is 1. The van der Waals surface area contributed by atoms with Gasteiger partial charge < -0.3 is 10.4 Å². The largest absolute Gasteiger partial charge is 0.396 e. The number of benzene rings is 1. The fourth-order valence-electron chi connectivity index (χ4n) is 1.22. The third-order valence-electron chi connectivity index (χ3n) is 2.34. The van der Waals surface area contributed by atoms with Crippen molar-refractivity contribution < 1.29 is 9.90 Å². The number of halogens is 1. The van der Waals surface area contributed by atoms with Gasteiger partial charge in [-0.25, -0.2) is 0 Å². The van der Waals surface area contributed by atoms with E-state index in [-0.39, 0.29) is 18.4 Å². The van der Waals surface area contributed by atoms with E-state index in [0.717, 1.165) is 9.13 Å². The van der Waals surface area contributed by atoms with Gasteiger partial charge in [-0.05, 0) is 59.2 Å². The Morgan fingerprint density at radius 1 is 1.56 bits per heavy atom. The van der Waals surface area contributed by atoms with Gasteiger partial charge in [0.2, 0.25) is 0 Å². The minimum atomic E-state index is -0.0835. The van der Waals surface area contributed by atoms with Crippen LogP contribution in [0.5, 0.6) is 0 Å². The van der Waals surface area contributed by atoms with Crippen LogP contribution in [0.15, 0.2) is 18.2 Å². The molecule has 1 aromatic carbocycles. The summed E-state index contributed by atoms with van der Waals surface area (Å²) in [7, 11) is 0. The molecule has 1 rings (SSSR count). The van der Waals surface area contributed by atoms with Gasteiger partial charge in [-0.15, -0.1) is 0 Å². The molecule has 88 valence electrons. The average Bonchev–Trinajstić information content (AvgIpc) is 2.29. The third-order valence-corrected chi connectivity index (χ3v) is 3.55. The van der Waals surface area contributed by atoms with E-state index < -0.39 is 0 Å². The Morgan fingerprint density at radius 2 is 2.25 bits per heavy atom. The maximum Gasteiger partial charge on any atom is 0.251 e. The van der Waals surface area contributed by atoms with E-state index in [4.69, 9.17) is 5.11 Å². The molecule has 1 amide bonds. The lowest BCUT2D eigenvalue weighted by molar-refractivity contribution is 0.0942. The van der Waals surface area contributed by atoms with Crippen molar-refractivity contribution in [1.82, 2.24) is 5.32 Å². The summed E-state index contributed by atoms with van der Waals surface area (Å²) in [5.41, 5.74) is 1.77. The fourth-order valence-corrected chi connectivity index (χ4v) is 1.55. The first-order valence-electron chi connectivity index (χ1n) is 5.19. The smallest absolute Gasteiger partial charge is 0.251 e. The van der Waals surface area contributed by atoms with Gasteiger partial charge in [0.25, 0.3) is 5.91 Å². The Balaban J connectivity index is 2.63. The van der Waals surface area contributed by atoms with Crippen molar-refractivity contribution in [3.63, 3.8) is 0 Å². The predicted octanol–water partition coefficient (Wildman–Crippen LogP) is 1.96. The molecule has 16 heavy (non-hydrogen) atoms. The molecular weight excluding hydrogens is 317 g/mol. The number of aryl methyl sites for hydroxylation is 1. The molecule has 0 aliphatic carbocycles. The van der Waals surface area contributed by atoms with E-state index in [1.807, 2.05) is 32.0 Å². The molecule has 0 saturated heterocycles. The Kier molecular flexibility index (Phi) is 5.21. The van der Waals surface area contributed by atoms with Crippen LogP contribution in [-0.2, 0) is 0 Å². The summed E-state index contributed by atoms with van der Waals surface area (Å²) in [4.78, 5) is 11.7. The zero-order valence-corrected chi connectivity index (χ0v) is 11.6. The first-order valence-corrected chi connectivity index (χ1v) is 6.27. The highest BCUT2D eigenvalue weighted by Gasteiger charge is 2.08. The van der Waals surface area contributed by atoms with Crippen molar-refractivity contribution in [2.75, 3.05) is 13.2 Å². The van der Waals surface area contributed by atoms with Gasteiger partial charge >= 0.3 is 0 Å². The van der Waals surface area contributed by atoms with E-state index in [1.54, 1.807) is 0 Å². The molecule has 0 aromatic heterocycles. The number of hydrogen-bond acceptors (Lipinski definition) is 2. The van der Waals surface area contributed by atoms with Crippen LogP contribution in [0.3, 0.4) is 0 Å². The molecule has 1 unspecified atom stereocenters. The van der Waals surface area contributed by atoms with Crippen molar-refractivity contribution in [3.05, 3.63) is 32.9 Å². The van der Waals surface area contributed by atoms with Gasteiger partial charge in [-0.3, -0.25) is 4.79 Å². The van der Waals surface area contributed by atoms with E-state index in [9.17, 15) is 4.79 Å². The molecule has 0 radical (unpaired) electrons. The zero-order valence-electron chi connectivity index (χ0n) is 9.46. The van der Waals surface area contributed by atoms with Gasteiger partial charge in [0, 0.05) is 22.3 Å². The van der Waals surface area contributed by atoms with Gasteiger partial charge in [0.1, 0.15) is 0 Å². The number of nitrogens with one attached hydrogen (secondary N) is 1. The minimum Gasteiger partial charge on any atom is -0.396 e. The lowest BCUT2D eigenvalue weighted by Gasteiger charge is -2.10. The van der Waals surface area contributed by atoms with Crippen LogP contribution in [-0.4, -0.2) is 24.2 Å².